The van der Waals surface area contributed by atoms with Gasteiger partial charge < -0.3 is 10.1 Å². The van der Waals surface area contributed by atoms with E-state index in [-0.39, 0.29) is 11.9 Å². The van der Waals surface area contributed by atoms with Gasteiger partial charge in [0.15, 0.2) is 0 Å². The number of carbonyl (C=O) groups is 2. The normalized spacial score (nSPS) is 15.0. The molecule has 0 aliphatic heterocycles. The quantitative estimate of drug-likeness (QED) is 0.702. The van der Waals surface area contributed by atoms with Gasteiger partial charge in [-0.3, -0.25) is 9.48 Å². The zero-order valence-electron chi connectivity index (χ0n) is 14.6. The topological polar surface area (TPSA) is 73.2 Å². The van der Waals surface area contributed by atoms with E-state index in [0.29, 0.717) is 10.4 Å². The molecule has 6 nitrogen and oxygen atoms in total. The SMILES string of the molecule is Cc1nn(C)c2sc(C(=O)OC(C(=O)NC3CC3)c3ccccc3)cc12. The van der Waals surface area contributed by atoms with Crippen molar-refractivity contribution in [1.82, 2.24) is 15.1 Å². The Hall–Kier alpha value is -2.67. The van der Waals surface area contributed by atoms with Crippen LogP contribution < -0.4 is 5.32 Å². The number of aryl methyl sites for hydroxylation is 2. The predicted octanol–water partition coefficient (Wildman–Crippen LogP) is 3.12. The van der Waals surface area contributed by atoms with Crippen molar-refractivity contribution in [2.24, 2.45) is 7.05 Å². The first-order chi connectivity index (χ1) is 12.5. The third-order valence-electron chi connectivity index (χ3n) is 4.39. The number of benzene rings is 1. The fourth-order valence-electron chi connectivity index (χ4n) is 2.88. The number of aromatic nitrogens is 2. The molecule has 3 aromatic rings. The van der Waals surface area contributed by atoms with Gasteiger partial charge in [0.25, 0.3) is 5.91 Å². The van der Waals surface area contributed by atoms with Gasteiger partial charge in [0, 0.05) is 24.0 Å². The van der Waals surface area contributed by atoms with E-state index in [9.17, 15) is 9.59 Å². The maximum absolute atomic E-state index is 12.7. The molecular weight excluding hydrogens is 350 g/mol. The molecule has 7 heteroatoms. The molecule has 1 amide bonds. The maximum atomic E-state index is 12.7. The Kier molecular flexibility index (Phi) is 4.24. The summed E-state index contributed by atoms with van der Waals surface area (Å²) in [5, 5.41) is 8.19. The van der Waals surface area contributed by atoms with Gasteiger partial charge in [-0.05, 0) is 25.8 Å². The van der Waals surface area contributed by atoms with Crippen molar-refractivity contribution in [3.05, 3.63) is 52.5 Å². The van der Waals surface area contributed by atoms with Crippen LogP contribution in [0, 0.1) is 6.92 Å². The fraction of sp³-hybridized carbons (Fsp3) is 0.316. The van der Waals surface area contributed by atoms with Crippen molar-refractivity contribution in [1.29, 1.82) is 0 Å². The third kappa shape index (κ3) is 3.22. The number of hydrogen-bond acceptors (Lipinski definition) is 5. The number of nitrogens with one attached hydrogen (secondary N) is 1. The molecule has 2 heterocycles. The Morgan fingerprint density at radius 1 is 1.31 bits per heavy atom. The number of ether oxygens (including phenoxy) is 1. The number of amides is 1. The van der Waals surface area contributed by atoms with Gasteiger partial charge in [-0.15, -0.1) is 11.3 Å². The Morgan fingerprint density at radius 3 is 2.69 bits per heavy atom. The van der Waals surface area contributed by atoms with Gasteiger partial charge in [0.05, 0.1) is 5.69 Å². The second-order valence-corrected chi connectivity index (χ2v) is 7.55. The average molecular weight is 369 g/mol. The van der Waals surface area contributed by atoms with Gasteiger partial charge in [-0.25, -0.2) is 4.79 Å². The van der Waals surface area contributed by atoms with Crippen LogP contribution in [0.1, 0.15) is 39.9 Å². The summed E-state index contributed by atoms with van der Waals surface area (Å²) in [5.74, 6) is -0.767. The van der Waals surface area contributed by atoms with E-state index >= 15 is 0 Å². The van der Waals surface area contributed by atoms with Crippen LogP contribution in [0.4, 0.5) is 0 Å². The highest BCUT2D eigenvalue weighted by atomic mass is 32.1. The molecule has 4 rings (SSSR count). The summed E-state index contributed by atoms with van der Waals surface area (Å²) >= 11 is 1.32. The molecule has 0 radical (unpaired) electrons. The Morgan fingerprint density at radius 2 is 2.04 bits per heavy atom. The maximum Gasteiger partial charge on any atom is 0.349 e. The highest BCUT2D eigenvalue weighted by molar-refractivity contribution is 7.20. The van der Waals surface area contributed by atoms with E-state index in [2.05, 4.69) is 10.4 Å². The van der Waals surface area contributed by atoms with Crippen LogP contribution in [0.3, 0.4) is 0 Å². The third-order valence-corrected chi connectivity index (χ3v) is 5.57. The first kappa shape index (κ1) is 16.8. The van der Waals surface area contributed by atoms with Crippen LogP contribution in [0.2, 0.25) is 0 Å². The lowest BCUT2D eigenvalue weighted by Gasteiger charge is -2.17. The number of hydrogen-bond donors (Lipinski definition) is 1. The first-order valence-electron chi connectivity index (χ1n) is 8.52. The summed E-state index contributed by atoms with van der Waals surface area (Å²) in [7, 11) is 1.84. The summed E-state index contributed by atoms with van der Waals surface area (Å²) in [6, 6.07) is 11.1. The summed E-state index contributed by atoms with van der Waals surface area (Å²) < 4.78 is 7.37. The molecule has 0 saturated heterocycles. The molecule has 134 valence electrons. The molecule has 1 saturated carbocycles. The molecule has 0 spiro atoms. The number of fused-ring (bicyclic) bond motifs is 1. The van der Waals surface area contributed by atoms with E-state index in [0.717, 1.165) is 28.8 Å². The number of nitrogens with zero attached hydrogens (tertiary/aromatic N) is 2. The molecule has 1 aliphatic carbocycles. The van der Waals surface area contributed by atoms with E-state index in [1.54, 1.807) is 22.9 Å². The highest BCUT2D eigenvalue weighted by Gasteiger charge is 2.31. The van der Waals surface area contributed by atoms with Gasteiger partial charge in [0.1, 0.15) is 9.71 Å². The van der Waals surface area contributed by atoms with Crippen molar-refractivity contribution in [2.45, 2.75) is 31.9 Å². The lowest BCUT2D eigenvalue weighted by Crippen LogP contribution is -2.33. The van der Waals surface area contributed by atoms with E-state index < -0.39 is 12.1 Å². The van der Waals surface area contributed by atoms with E-state index in [4.69, 9.17) is 4.74 Å². The van der Waals surface area contributed by atoms with Crippen molar-refractivity contribution >= 4 is 33.4 Å². The van der Waals surface area contributed by atoms with Gasteiger partial charge in [-0.1, -0.05) is 30.3 Å². The van der Waals surface area contributed by atoms with Crippen LogP contribution in [-0.4, -0.2) is 27.7 Å². The van der Waals surface area contributed by atoms with Gasteiger partial charge in [0.2, 0.25) is 6.10 Å². The Labute approximate surface area is 154 Å². The molecular formula is C19H19N3O3S. The summed E-state index contributed by atoms with van der Waals surface area (Å²) in [6.45, 7) is 1.90. The summed E-state index contributed by atoms with van der Waals surface area (Å²) in [4.78, 5) is 26.7. The van der Waals surface area contributed by atoms with Crippen molar-refractivity contribution in [2.75, 3.05) is 0 Å². The highest BCUT2D eigenvalue weighted by Crippen LogP contribution is 2.30. The van der Waals surface area contributed by atoms with E-state index in [1.807, 2.05) is 32.2 Å². The molecule has 1 atom stereocenters. The van der Waals surface area contributed by atoms with E-state index in [1.165, 1.54) is 11.3 Å². The van der Waals surface area contributed by atoms with Crippen LogP contribution in [0.25, 0.3) is 10.2 Å². The van der Waals surface area contributed by atoms with Gasteiger partial charge in [-0.2, -0.15) is 5.10 Å². The Bertz CT molecular complexity index is 938. The number of thiophene rings is 1. The van der Waals surface area contributed by atoms with Crippen LogP contribution in [-0.2, 0) is 16.6 Å². The standard InChI is InChI=1S/C19H19N3O3S/c1-11-14-10-15(26-18(14)22(2)21-11)19(24)25-16(12-6-4-3-5-7-12)17(23)20-13-8-9-13/h3-7,10,13,16H,8-9H2,1-2H3,(H,20,23). The van der Waals surface area contributed by atoms with Crippen molar-refractivity contribution in [3.63, 3.8) is 0 Å². The smallest absolute Gasteiger partial charge is 0.349 e. The number of rotatable bonds is 5. The number of carbonyl (C=O) groups excluding carboxylic acids is 2. The second-order valence-electron chi connectivity index (χ2n) is 6.52. The summed E-state index contributed by atoms with van der Waals surface area (Å²) in [5.41, 5.74) is 1.53. The average Bonchev–Trinajstić information content (AvgIpc) is 3.25. The molecule has 0 bridgehead atoms. The zero-order valence-corrected chi connectivity index (χ0v) is 15.4. The molecule has 1 aromatic carbocycles. The lowest BCUT2D eigenvalue weighted by molar-refractivity contribution is -0.130. The minimum atomic E-state index is -0.950. The zero-order chi connectivity index (χ0) is 18.3. The minimum absolute atomic E-state index is 0.200. The monoisotopic (exact) mass is 369 g/mol. The lowest BCUT2D eigenvalue weighted by atomic mass is 10.1. The van der Waals surface area contributed by atoms with Crippen LogP contribution in [0.15, 0.2) is 36.4 Å². The second kappa shape index (κ2) is 6.57. The molecule has 2 aromatic heterocycles. The van der Waals surface area contributed by atoms with Crippen LogP contribution in [0.5, 0.6) is 0 Å². The minimum Gasteiger partial charge on any atom is -0.443 e. The predicted molar refractivity (Wildman–Crippen MR) is 99.1 cm³/mol. The van der Waals surface area contributed by atoms with Crippen LogP contribution >= 0.6 is 11.3 Å². The molecule has 1 unspecified atom stereocenters. The largest absolute Gasteiger partial charge is 0.443 e. The molecule has 1 N–H and O–H groups in total. The first-order valence-corrected chi connectivity index (χ1v) is 9.34. The van der Waals surface area contributed by atoms with Crippen molar-refractivity contribution < 1.29 is 14.3 Å². The molecule has 26 heavy (non-hydrogen) atoms. The number of esters is 1. The molecule has 1 aliphatic rings. The van der Waals surface area contributed by atoms with Gasteiger partial charge >= 0.3 is 5.97 Å². The Balaban J connectivity index is 1.60. The molecule has 1 fully saturated rings. The summed E-state index contributed by atoms with van der Waals surface area (Å²) in [6.07, 6.45) is 1.00. The van der Waals surface area contributed by atoms with Crippen molar-refractivity contribution in [3.8, 4) is 0 Å². The fourth-order valence-corrected chi connectivity index (χ4v) is 3.88.